The Hall–Kier alpha value is -1.56. The lowest BCUT2D eigenvalue weighted by molar-refractivity contribution is 0.0455. The summed E-state index contributed by atoms with van der Waals surface area (Å²) in [5.74, 6) is 2.51. The van der Waals surface area contributed by atoms with Crippen LogP contribution in [0.2, 0.25) is 0 Å². The predicted octanol–water partition coefficient (Wildman–Crippen LogP) is 3.79. The van der Waals surface area contributed by atoms with Crippen molar-refractivity contribution in [3.8, 4) is 11.8 Å². The van der Waals surface area contributed by atoms with Crippen LogP contribution in [0.25, 0.3) is 0 Å². The van der Waals surface area contributed by atoms with Gasteiger partial charge in [-0.25, -0.2) is 0 Å². The topological polar surface area (TPSA) is 45.9 Å². The van der Waals surface area contributed by atoms with Gasteiger partial charge in [0.15, 0.2) is 5.75 Å². The second-order valence-electron chi connectivity index (χ2n) is 5.97. The van der Waals surface area contributed by atoms with Gasteiger partial charge in [0.2, 0.25) is 0 Å². The third kappa shape index (κ3) is 3.26. The van der Waals surface area contributed by atoms with Crippen molar-refractivity contribution in [2.75, 3.05) is 0 Å². The highest BCUT2D eigenvalue weighted by molar-refractivity contribution is 5.40. The Morgan fingerprint density at radius 3 is 2.89 bits per heavy atom. The summed E-state index contributed by atoms with van der Waals surface area (Å²) < 4.78 is 6.14. The Morgan fingerprint density at radius 2 is 2.21 bits per heavy atom. The van der Waals surface area contributed by atoms with E-state index in [4.69, 9.17) is 10.00 Å². The van der Waals surface area contributed by atoms with E-state index in [0.717, 1.165) is 6.42 Å². The number of ether oxygens (including phenoxy) is 1. The highest BCUT2D eigenvalue weighted by Gasteiger charge is 2.32. The predicted molar refractivity (Wildman–Crippen MR) is 74.7 cm³/mol. The van der Waals surface area contributed by atoms with Gasteiger partial charge in [0, 0.05) is 6.20 Å². The van der Waals surface area contributed by atoms with Crippen molar-refractivity contribution >= 4 is 0 Å². The van der Waals surface area contributed by atoms with Crippen LogP contribution in [0.15, 0.2) is 18.5 Å². The molecule has 1 aliphatic carbocycles. The van der Waals surface area contributed by atoms with Gasteiger partial charge in [-0.2, -0.15) is 5.26 Å². The van der Waals surface area contributed by atoms with Crippen LogP contribution in [-0.2, 0) is 0 Å². The van der Waals surface area contributed by atoms with E-state index >= 15 is 0 Å². The van der Waals surface area contributed by atoms with Gasteiger partial charge in [-0.15, -0.1) is 0 Å². The molecule has 0 bridgehead atoms. The van der Waals surface area contributed by atoms with E-state index in [0.29, 0.717) is 29.1 Å². The van der Waals surface area contributed by atoms with Crippen molar-refractivity contribution in [3.63, 3.8) is 0 Å². The third-order valence-corrected chi connectivity index (χ3v) is 4.14. The largest absolute Gasteiger partial charge is 0.487 e. The number of nitriles is 1. The molecule has 1 aromatic heterocycles. The summed E-state index contributed by atoms with van der Waals surface area (Å²) in [6, 6.07) is 3.89. The normalized spacial score (nSPS) is 27.0. The van der Waals surface area contributed by atoms with Gasteiger partial charge >= 0.3 is 0 Å². The molecule has 0 spiro atoms. The highest BCUT2D eigenvalue weighted by Crippen LogP contribution is 2.36. The molecule has 1 fully saturated rings. The van der Waals surface area contributed by atoms with Gasteiger partial charge in [0.25, 0.3) is 0 Å². The Labute approximate surface area is 115 Å². The van der Waals surface area contributed by atoms with Crippen LogP contribution < -0.4 is 4.74 Å². The SMILES string of the molecule is CC1CCC(C(C)C)C(Oc2cnccc2C#N)C1. The summed E-state index contributed by atoms with van der Waals surface area (Å²) in [5.41, 5.74) is 0.579. The molecular weight excluding hydrogens is 236 g/mol. The minimum absolute atomic E-state index is 0.208. The second kappa shape index (κ2) is 6.06. The minimum Gasteiger partial charge on any atom is -0.487 e. The van der Waals surface area contributed by atoms with Crippen LogP contribution in [-0.4, -0.2) is 11.1 Å². The minimum atomic E-state index is 0.208. The average molecular weight is 258 g/mol. The van der Waals surface area contributed by atoms with E-state index in [9.17, 15) is 0 Å². The molecule has 1 heterocycles. The molecule has 1 saturated carbocycles. The van der Waals surface area contributed by atoms with E-state index in [1.54, 1.807) is 18.5 Å². The molecule has 102 valence electrons. The molecule has 0 aromatic carbocycles. The van der Waals surface area contributed by atoms with Crippen molar-refractivity contribution in [2.45, 2.75) is 46.1 Å². The molecule has 0 saturated heterocycles. The second-order valence-corrected chi connectivity index (χ2v) is 5.97. The molecule has 0 N–H and O–H groups in total. The summed E-state index contributed by atoms with van der Waals surface area (Å²) in [4.78, 5) is 4.07. The molecule has 19 heavy (non-hydrogen) atoms. The Morgan fingerprint density at radius 1 is 1.42 bits per heavy atom. The Bertz CT molecular complexity index is 464. The summed E-state index contributed by atoms with van der Waals surface area (Å²) in [6.07, 6.45) is 7.07. The van der Waals surface area contributed by atoms with E-state index in [-0.39, 0.29) is 6.10 Å². The molecule has 0 radical (unpaired) electrons. The van der Waals surface area contributed by atoms with E-state index in [1.165, 1.54) is 12.8 Å². The maximum absolute atomic E-state index is 9.12. The van der Waals surface area contributed by atoms with Gasteiger partial charge in [0.1, 0.15) is 12.2 Å². The van der Waals surface area contributed by atoms with E-state index in [2.05, 4.69) is 31.8 Å². The molecule has 0 aliphatic heterocycles. The zero-order valence-electron chi connectivity index (χ0n) is 12.0. The first-order valence-corrected chi connectivity index (χ1v) is 7.12. The summed E-state index contributed by atoms with van der Waals surface area (Å²) in [7, 11) is 0. The first-order valence-electron chi connectivity index (χ1n) is 7.12. The molecule has 1 aliphatic rings. The van der Waals surface area contributed by atoms with Crippen LogP contribution in [0.1, 0.15) is 45.6 Å². The molecule has 3 heteroatoms. The van der Waals surface area contributed by atoms with Crippen LogP contribution in [0, 0.1) is 29.1 Å². The summed E-state index contributed by atoms with van der Waals surface area (Å²) >= 11 is 0. The lowest BCUT2D eigenvalue weighted by Crippen LogP contribution is -2.36. The lowest BCUT2D eigenvalue weighted by atomic mass is 9.75. The Balaban J connectivity index is 2.17. The number of hydrogen-bond acceptors (Lipinski definition) is 3. The molecule has 3 nitrogen and oxygen atoms in total. The van der Waals surface area contributed by atoms with Gasteiger partial charge < -0.3 is 4.74 Å². The fourth-order valence-corrected chi connectivity index (χ4v) is 2.98. The zero-order chi connectivity index (χ0) is 13.8. The van der Waals surface area contributed by atoms with Gasteiger partial charge in [0.05, 0.1) is 11.8 Å². The van der Waals surface area contributed by atoms with Crippen molar-refractivity contribution < 1.29 is 4.74 Å². The monoisotopic (exact) mass is 258 g/mol. The quantitative estimate of drug-likeness (QED) is 0.828. The first kappa shape index (κ1) is 13.9. The molecular formula is C16H22N2O. The number of nitrogens with zero attached hydrogens (tertiary/aromatic N) is 2. The fraction of sp³-hybridized carbons (Fsp3) is 0.625. The first-order chi connectivity index (χ1) is 9.11. The third-order valence-electron chi connectivity index (χ3n) is 4.14. The fourth-order valence-electron chi connectivity index (χ4n) is 2.98. The number of rotatable bonds is 3. The Kier molecular flexibility index (Phi) is 4.42. The van der Waals surface area contributed by atoms with Crippen molar-refractivity contribution in [3.05, 3.63) is 24.0 Å². The summed E-state index contributed by atoms with van der Waals surface area (Å²) in [6.45, 7) is 6.79. The van der Waals surface area contributed by atoms with Crippen LogP contribution >= 0.6 is 0 Å². The molecule has 3 atom stereocenters. The molecule has 0 amide bonds. The van der Waals surface area contributed by atoms with Crippen LogP contribution in [0.4, 0.5) is 0 Å². The molecule has 3 unspecified atom stereocenters. The maximum Gasteiger partial charge on any atom is 0.155 e. The molecule has 2 rings (SSSR count). The highest BCUT2D eigenvalue weighted by atomic mass is 16.5. The van der Waals surface area contributed by atoms with Gasteiger partial charge in [-0.05, 0) is 36.7 Å². The molecule has 1 aromatic rings. The number of pyridine rings is 1. The van der Waals surface area contributed by atoms with Crippen LogP contribution in [0.5, 0.6) is 5.75 Å². The van der Waals surface area contributed by atoms with E-state index < -0.39 is 0 Å². The zero-order valence-corrected chi connectivity index (χ0v) is 12.0. The van der Waals surface area contributed by atoms with Crippen molar-refractivity contribution in [1.82, 2.24) is 4.98 Å². The van der Waals surface area contributed by atoms with Gasteiger partial charge in [-0.3, -0.25) is 4.98 Å². The lowest BCUT2D eigenvalue weighted by Gasteiger charge is -2.37. The van der Waals surface area contributed by atoms with E-state index in [1.807, 2.05) is 0 Å². The van der Waals surface area contributed by atoms with Gasteiger partial charge in [-0.1, -0.05) is 27.2 Å². The number of aromatic nitrogens is 1. The van der Waals surface area contributed by atoms with Crippen molar-refractivity contribution in [2.24, 2.45) is 17.8 Å². The number of hydrogen-bond donors (Lipinski definition) is 0. The van der Waals surface area contributed by atoms with Crippen molar-refractivity contribution in [1.29, 1.82) is 5.26 Å². The van der Waals surface area contributed by atoms with Crippen LogP contribution in [0.3, 0.4) is 0 Å². The standard InChI is InChI=1S/C16H22N2O/c1-11(2)14-5-4-12(3)8-15(14)19-16-10-18-7-6-13(16)9-17/h6-7,10-12,14-15H,4-5,8H2,1-3H3. The average Bonchev–Trinajstić information content (AvgIpc) is 2.39. The summed E-state index contributed by atoms with van der Waals surface area (Å²) in [5, 5.41) is 9.12. The smallest absolute Gasteiger partial charge is 0.155 e. The maximum atomic E-state index is 9.12.